The second kappa shape index (κ2) is 5.88. The van der Waals surface area contributed by atoms with Gasteiger partial charge in [0.25, 0.3) is 5.91 Å². The molecular weight excluding hydrogens is 242 g/mol. The van der Waals surface area contributed by atoms with Gasteiger partial charge in [-0.15, -0.1) is 0 Å². The van der Waals surface area contributed by atoms with Gasteiger partial charge in [0.2, 0.25) is 0 Å². The highest BCUT2D eigenvalue weighted by molar-refractivity contribution is 5.97. The lowest BCUT2D eigenvalue weighted by Gasteiger charge is -2.11. The SMILES string of the molecule is NNC(=O)c1cc(N)ccc1OCc1ccccc1. The molecule has 0 aliphatic rings. The zero-order valence-corrected chi connectivity index (χ0v) is 10.3. The van der Waals surface area contributed by atoms with Gasteiger partial charge in [-0.3, -0.25) is 10.2 Å². The normalized spacial score (nSPS) is 9.95. The lowest BCUT2D eigenvalue weighted by Crippen LogP contribution is -2.30. The maximum atomic E-state index is 11.6. The molecule has 0 aliphatic carbocycles. The van der Waals surface area contributed by atoms with Gasteiger partial charge in [-0.05, 0) is 23.8 Å². The van der Waals surface area contributed by atoms with E-state index in [1.54, 1.807) is 12.1 Å². The number of hydrogen-bond donors (Lipinski definition) is 3. The molecule has 2 aromatic carbocycles. The number of benzene rings is 2. The Hall–Kier alpha value is -2.53. The third kappa shape index (κ3) is 3.23. The molecule has 0 heterocycles. The molecule has 0 saturated carbocycles. The summed E-state index contributed by atoms with van der Waals surface area (Å²) in [5, 5.41) is 0. The molecule has 5 N–H and O–H groups in total. The molecule has 19 heavy (non-hydrogen) atoms. The minimum atomic E-state index is -0.435. The molecule has 0 spiro atoms. The van der Waals surface area contributed by atoms with E-state index in [4.69, 9.17) is 16.3 Å². The fourth-order valence-electron chi connectivity index (χ4n) is 1.66. The van der Waals surface area contributed by atoms with Crippen LogP contribution in [0.15, 0.2) is 48.5 Å². The van der Waals surface area contributed by atoms with Gasteiger partial charge in [0.05, 0.1) is 5.56 Å². The van der Waals surface area contributed by atoms with E-state index in [0.717, 1.165) is 5.56 Å². The fourth-order valence-corrected chi connectivity index (χ4v) is 1.66. The van der Waals surface area contributed by atoms with Crippen LogP contribution in [-0.2, 0) is 6.61 Å². The van der Waals surface area contributed by atoms with Crippen molar-refractivity contribution < 1.29 is 9.53 Å². The number of carbonyl (C=O) groups excluding carboxylic acids is 1. The Morgan fingerprint density at radius 1 is 1.16 bits per heavy atom. The summed E-state index contributed by atoms with van der Waals surface area (Å²) >= 11 is 0. The second-order valence-electron chi connectivity index (χ2n) is 4.00. The van der Waals surface area contributed by atoms with Crippen LogP contribution < -0.4 is 21.7 Å². The Labute approximate surface area is 111 Å². The van der Waals surface area contributed by atoms with Crippen molar-refractivity contribution in [2.45, 2.75) is 6.61 Å². The van der Waals surface area contributed by atoms with Crippen molar-refractivity contribution in [3.8, 4) is 5.75 Å². The smallest absolute Gasteiger partial charge is 0.269 e. The first-order chi connectivity index (χ1) is 9.20. The highest BCUT2D eigenvalue weighted by Gasteiger charge is 2.12. The summed E-state index contributed by atoms with van der Waals surface area (Å²) in [7, 11) is 0. The molecule has 5 nitrogen and oxygen atoms in total. The molecule has 1 amide bonds. The van der Waals surface area contributed by atoms with E-state index in [9.17, 15) is 4.79 Å². The maximum absolute atomic E-state index is 11.6. The second-order valence-corrected chi connectivity index (χ2v) is 4.00. The number of carbonyl (C=O) groups is 1. The van der Waals surface area contributed by atoms with Crippen LogP contribution in [-0.4, -0.2) is 5.91 Å². The summed E-state index contributed by atoms with van der Waals surface area (Å²) < 4.78 is 5.63. The monoisotopic (exact) mass is 257 g/mol. The van der Waals surface area contributed by atoms with Crippen molar-refractivity contribution in [2.75, 3.05) is 5.73 Å². The van der Waals surface area contributed by atoms with Gasteiger partial charge in [0, 0.05) is 5.69 Å². The summed E-state index contributed by atoms with van der Waals surface area (Å²) in [6.45, 7) is 0.371. The molecule has 98 valence electrons. The van der Waals surface area contributed by atoms with Crippen LogP contribution in [0.3, 0.4) is 0 Å². The largest absolute Gasteiger partial charge is 0.488 e. The molecule has 0 saturated heterocycles. The van der Waals surface area contributed by atoms with Gasteiger partial charge in [0.15, 0.2) is 0 Å². The first-order valence-electron chi connectivity index (χ1n) is 5.78. The topological polar surface area (TPSA) is 90.4 Å². The number of nitrogens with one attached hydrogen (secondary N) is 1. The average molecular weight is 257 g/mol. The summed E-state index contributed by atoms with van der Waals surface area (Å²) in [6.07, 6.45) is 0. The third-order valence-electron chi connectivity index (χ3n) is 2.62. The van der Waals surface area contributed by atoms with E-state index < -0.39 is 5.91 Å². The standard InChI is InChI=1S/C14H15N3O2/c15-11-6-7-13(12(8-11)14(18)17-16)19-9-10-4-2-1-3-5-10/h1-8H,9,15-16H2,(H,17,18). The number of hydrogen-bond acceptors (Lipinski definition) is 4. The first-order valence-corrected chi connectivity index (χ1v) is 5.78. The summed E-state index contributed by atoms with van der Waals surface area (Å²) in [4.78, 5) is 11.6. The third-order valence-corrected chi connectivity index (χ3v) is 2.62. The van der Waals surface area contributed by atoms with Gasteiger partial charge in [-0.2, -0.15) is 0 Å². The van der Waals surface area contributed by atoms with Gasteiger partial charge < -0.3 is 10.5 Å². The Kier molecular flexibility index (Phi) is 4.00. The van der Waals surface area contributed by atoms with Crippen LogP contribution in [0.25, 0.3) is 0 Å². The Morgan fingerprint density at radius 2 is 1.89 bits per heavy atom. The first kappa shape index (κ1) is 12.9. The molecule has 0 bridgehead atoms. The molecule has 2 aromatic rings. The van der Waals surface area contributed by atoms with Gasteiger partial charge in [0.1, 0.15) is 12.4 Å². The number of nitrogen functional groups attached to an aromatic ring is 2. The van der Waals surface area contributed by atoms with E-state index in [1.165, 1.54) is 6.07 Å². The van der Waals surface area contributed by atoms with Crippen LogP contribution in [0.2, 0.25) is 0 Å². The number of rotatable bonds is 4. The summed E-state index contributed by atoms with van der Waals surface area (Å²) in [6, 6.07) is 14.5. The van der Waals surface area contributed by atoms with E-state index in [2.05, 4.69) is 5.43 Å². The molecule has 0 radical (unpaired) electrons. The number of ether oxygens (including phenoxy) is 1. The molecule has 5 heteroatoms. The van der Waals surface area contributed by atoms with E-state index >= 15 is 0 Å². The molecule has 0 unspecified atom stereocenters. The zero-order valence-electron chi connectivity index (χ0n) is 10.3. The molecule has 0 aromatic heterocycles. The van der Waals surface area contributed by atoms with Crippen LogP contribution in [0.1, 0.15) is 15.9 Å². The number of hydrazine groups is 1. The number of anilines is 1. The van der Waals surface area contributed by atoms with Crippen LogP contribution >= 0.6 is 0 Å². The molecule has 0 aliphatic heterocycles. The van der Waals surface area contributed by atoms with Gasteiger partial charge >= 0.3 is 0 Å². The Bertz CT molecular complexity index is 570. The van der Waals surface area contributed by atoms with E-state index in [0.29, 0.717) is 23.6 Å². The quantitative estimate of drug-likeness (QED) is 0.334. The Balaban J connectivity index is 2.18. The highest BCUT2D eigenvalue weighted by atomic mass is 16.5. The molecular formula is C14H15N3O2. The van der Waals surface area contributed by atoms with Crippen molar-refractivity contribution in [1.29, 1.82) is 0 Å². The van der Waals surface area contributed by atoms with Crippen LogP contribution in [0.5, 0.6) is 5.75 Å². The van der Waals surface area contributed by atoms with Crippen LogP contribution in [0, 0.1) is 0 Å². The van der Waals surface area contributed by atoms with Crippen molar-refractivity contribution in [3.05, 3.63) is 59.7 Å². The van der Waals surface area contributed by atoms with Gasteiger partial charge in [-0.25, -0.2) is 5.84 Å². The molecule has 2 rings (SSSR count). The van der Waals surface area contributed by atoms with Crippen molar-refractivity contribution in [1.82, 2.24) is 5.43 Å². The predicted molar refractivity (Wildman–Crippen MR) is 73.3 cm³/mol. The fraction of sp³-hybridized carbons (Fsp3) is 0.0714. The molecule has 0 atom stereocenters. The lowest BCUT2D eigenvalue weighted by atomic mass is 10.1. The minimum Gasteiger partial charge on any atom is -0.488 e. The van der Waals surface area contributed by atoms with Crippen molar-refractivity contribution in [2.24, 2.45) is 5.84 Å². The zero-order chi connectivity index (χ0) is 13.7. The predicted octanol–water partition coefficient (Wildman–Crippen LogP) is 1.45. The van der Waals surface area contributed by atoms with E-state index in [1.807, 2.05) is 30.3 Å². The highest BCUT2D eigenvalue weighted by Crippen LogP contribution is 2.22. The lowest BCUT2D eigenvalue weighted by molar-refractivity contribution is 0.0949. The molecule has 0 fully saturated rings. The average Bonchev–Trinajstić information content (AvgIpc) is 2.46. The van der Waals surface area contributed by atoms with Crippen LogP contribution in [0.4, 0.5) is 5.69 Å². The number of nitrogens with two attached hydrogens (primary N) is 2. The van der Waals surface area contributed by atoms with Crippen molar-refractivity contribution in [3.63, 3.8) is 0 Å². The minimum absolute atomic E-state index is 0.318. The van der Waals surface area contributed by atoms with E-state index in [-0.39, 0.29) is 0 Å². The maximum Gasteiger partial charge on any atom is 0.269 e. The summed E-state index contributed by atoms with van der Waals surface area (Å²) in [5.74, 6) is 5.14. The number of amides is 1. The summed E-state index contributed by atoms with van der Waals surface area (Å²) in [5.41, 5.74) is 9.53. The van der Waals surface area contributed by atoms with Gasteiger partial charge in [-0.1, -0.05) is 30.3 Å². The Morgan fingerprint density at radius 3 is 2.58 bits per heavy atom. The van der Waals surface area contributed by atoms with Crippen molar-refractivity contribution >= 4 is 11.6 Å².